The van der Waals surface area contributed by atoms with E-state index in [2.05, 4.69) is 10.3 Å². The third-order valence-corrected chi connectivity index (χ3v) is 3.11. The first-order valence-corrected chi connectivity index (χ1v) is 6.38. The SMILES string of the molecule is O=C(NCC(O)c1ccc(F)cc1)c1ccc[nH]c1=S. The van der Waals surface area contributed by atoms with E-state index in [9.17, 15) is 14.3 Å². The highest BCUT2D eigenvalue weighted by Gasteiger charge is 2.11. The zero-order valence-electron chi connectivity index (χ0n) is 10.5. The lowest BCUT2D eigenvalue weighted by molar-refractivity contribution is 0.0915. The molecule has 0 radical (unpaired) electrons. The van der Waals surface area contributed by atoms with Crippen molar-refractivity contribution in [2.45, 2.75) is 6.10 Å². The number of carbonyl (C=O) groups is 1. The first-order valence-electron chi connectivity index (χ1n) is 5.97. The molecule has 0 aliphatic carbocycles. The molecule has 20 heavy (non-hydrogen) atoms. The van der Waals surface area contributed by atoms with Gasteiger partial charge in [0.15, 0.2) is 0 Å². The number of pyridine rings is 1. The third kappa shape index (κ3) is 3.49. The number of rotatable bonds is 4. The first-order chi connectivity index (χ1) is 9.58. The molecule has 0 saturated heterocycles. The van der Waals surface area contributed by atoms with Crippen LogP contribution in [-0.2, 0) is 0 Å². The zero-order valence-corrected chi connectivity index (χ0v) is 11.3. The van der Waals surface area contributed by atoms with Gasteiger partial charge < -0.3 is 15.4 Å². The van der Waals surface area contributed by atoms with Crippen LogP contribution in [0.25, 0.3) is 0 Å². The van der Waals surface area contributed by atoms with Gasteiger partial charge in [-0.2, -0.15) is 0 Å². The Hall–Kier alpha value is -2.05. The van der Waals surface area contributed by atoms with Crippen molar-refractivity contribution in [3.8, 4) is 0 Å². The second-order valence-electron chi connectivity index (χ2n) is 4.19. The van der Waals surface area contributed by atoms with Crippen molar-refractivity contribution in [2.75, 3.05) is 6.54 Å². The Kier molecular flexibility index (Phi) is 4.60. The molecule has 0 saturated carbocycles. The summed E-state index contributed by atoms with van der Waals surface area (Å²) in [4.78, 5) is 14.6. The Morgan fingerprint density at radius 1 is 1.35 bits per heavy atom. The Labute approximate surface area is 120 Å². The molecule has 0 bridgehead atoms. The van der Waals surface area contributed by atoms with Gasteiger partial charge in [-0.3, -0.25) is 4.79 Å². The van der Waals surface area contributed by atoms with Gasteiger partial charge in [0.05, 0.1) is 11.7 Å². The van der Waals surface area contributed by atoms with E-state index in [0.29, 0.717) is 15.8 Å². The Morgan fingerprint density at radius 2 is 2.05 bits per heavy atom. The summed E-state index contributed by atoms with van der Waals surface area (Å²) in [5, 5.41) is 12.5. The van der Waals surface area contributed by atoms with E-state index in [1.807, 2.05) is 0 Å². The Bertz CT molecular complexity index is 655. The molecule has 2 rings (SSSR count). The second kappa shape index (κ2) is 6.40. The average Bonchev–Trinajstić information content (AvgIpc) is 2.45. The number of aromatic amines is 1. The minimum atomic E-state index is -0.902. The van der Waals surface area contributed by atoms with Crippen LogP contribution in [0.4, 0.5) is 4.39 Å². The summed E-state index contributed by atoms with van der Waals surface area (Å²) >= 11 is 5.00. The van der Waals surface area contributed by atoms with Crippen LogP contribution in [-0.4, -0.2) is 22.5 Å². The van der Waals surface area contributed by atoms with Gasteiger partial charge in [0.2, 0.25) is 0 Å². The molecule has 104 valence electrons. The Balaban J connectivity index is 1.98. The molecule has 3 N–H and O–H groups in total. The van der Waals surface area contributed by atoms with Crippen molar-refractivity contribution in [3.05, 3.63) is 64.2 Å². The quantitative estimate of drug-likeness (QED) is 0.758. The number of benzene rings is 1. The second-order valence-corrected chi connectivity index (χ2v) is 4.60. The number of H-pyrrole nitrogens is 1. The fraction of sp³-hybridized carbons (Fsp3) is 0.143. The van der Waals surface area contributed by atoms with Crippen molar-refractivity contribution in [1.82, 2.24) is 10.3 Å². The number of hydrogen-bond acceptors (Lipinski definition) is 3. The molecule has 1 atom stereocenters. The minimum absolute atomic E-state index is 0.0220. The summed E-state index contributed by atoms with van der Waals surface area (Å²) in [5.41, 5.74) is 0.874. The molecular formula is C14H13FN2O2S. The molecule has 6 heteroatoms. The molecule has 1 heterocycles. The number of aliphatic hydroxyl groups excluding tert-OH is 1. The predicted octanol–water partition coefficient (Wildman–Crippen LogP) is 2.35. The summed E-state index contributed by atoms with van der Waals surface area (Å²) in [6.45, 7) is 0.0220. The van der Waals surface area contributed by atoms with Crippen molar-refractivity contribution in [2.24, 2.45) is 0 Å². The van der Waals surface area contributed by atoms with Crippen LogP contribution < -0.4 is 5.32 Å². The number of aliphatic hydroxyl groups is 1. The number of halogens is 1. The molecule has 4 nitrogen and oxygen atoms in total. The van der Waals surface area contributed by atoms with Crippen LogP contribution in [0, 0.1) is 10.5 Å². The van der Waals surface area contributed by atoms with Gasteiger partial charge >= 0.3 is 0 Å². The van der Waals surface area contributed by atoms with Crippen LogP contribution in [0.3, 0.4) is 0 Å². The highest BCUT2D eigenvalue weighted by molar-refractivity contribution is 7.71. The molecule has 0 spiro atoms. The maximum atomic E-state index is 12.8. The van der Waals surface area contributed by atoms with Crippen LogP contribution >= 0.6 is 12.2 Å². The lowest BCUT2D eigenvalue weighted by Crippen LogP contribution is -2.28. The van der Waals surface area contributed by atoms with Crippen molar-refractivity contribution < 1.29 is 14.3 Å². The number of aromatic nitrogens is 1. The van der Waals surface area contributed by atoms with E-state index in [1.165, 1.54) is 24.3 Å². The summed E-state index contributed by atoms with van der Waals surface area (Å²) in [6.07, 6.45) is 0.729. The first kappa shape index (κ1) is 14.4. The number of carbonyl (C=O) groups excluding carboxylic acids is 1. The molecule has 1 aromatic heterocycles. The minimum Gasteiger partial charge on any atom is -0.387 e. The molecular weight excluding hydrogens is 279 g/mol. The zero-order chi connectivity index (χ0) is 14.5. The van der Waals surface area contributed by atoms with Gasteiger partial charge in [-0.05, 0) is 29.8 Å². The van der Waals surface area contributed by atoms with Gasteiger partial charge in [-0.25, -0.2) is 4.39 Å². The van der Waals surface area contributed by atoms with E-state index in [-0.39, 0.29) is 18.3 Å². The Morgan fingerprint density at radius 3 is 2.70 bits per heavy atom. The maximum absolute atomic E-state index is 12.8. The van der Waals surface area contributed by atoms with Crippen LogP contribution in [0.1, 0.15) is 22.0 Å². The van der Waals surface area contributed by atoms with E-state index < -0.39 is 6.10 Å². The highest BCUT2D eigenvalue weighted by atomic mass is 32.1. The molecule has 0 aliphatic rings. The standard InChI is InChI=1S/C14H13FN2O2S/c15-10-5-3-9(4-6-10)12(18)8-17-13(19)11-2-1-7-16-14(11)20/h1-7,12,18H,8H2,(H,16,20)(H,17,19). The topological polar surface area (TPSA) is 65.1 Å². The number of hydrogen-bond donors (Lipinski definition) is 3. The van der Waals surface area contributed by atoms with Crippen molar-refractivity contribution in [3.63, 3.8) is 0 Å². The molecule has 0 aliphatic heterocycles. The van der Waals surface area contributed by atoms with Gasteiger partial charge in [0, 0.05) is 12.7 Å². The lowest BCUT2D eigenvalue weighted by Gasteiger charge is -2.12. The van der Waals surface area contributed by atoms with E-state index in [0.717, 1.165) is 0 Å². The molecule has 1 amide bonds. The number of nitrogens with one attached hydrogen (secondary N) is 2. The monoisotopic (exact) mass is 292 g/mol. The maximum Gasteiger partial charge on any atom is 0.254 e. The molecule has 1 unspecified atom stereocenters. The summed E-state index contributed by atoms with van der Waals surface area (Å²) in [5.74, 6) is -0.742. The van der Waals surface area contributed by atoms with Gasteiger partial charge in [0.25, 0.3) is 5.91 Å². The van der Waals surface area contributed by atoms with E-state index >= 15 is 0 Å². The van der Waals surface area contributed by atoms with Crippen molar-refractivity contribution in [1.29, 1.82) is 0 Å². The van der Waals surface area contributed by atoms with Crippen LogP contribution in [0.15, 0.2) is 42.6 Å². The summed E-state index contributed by atoms with van der Waals surface area (Å²) in [6, 6.07) is 8.73. The highest BCUT2D eigenvalue weighted by Crippen LogP contribution is 2.12. The predicted molar refractivity (Wildman–Crippen MR) is 75.3 cm³/mol. The van der Waals surface area contributed by atoms with Crippen LogP contribution in [0.5, 0.6) is 0 Å². The smallest absolute Gasteiger partial charge is 0.254 e. The summed E-state index contributed by atoms with van der Waals surface area (Å²) < 4.78 is 13.1. The average molecular weight is 292 g/mol. The van der Waals surface area contributed by atoms with E-state index in [1.54, 1.807) is 18.3 Å². The van der Waals surface area contributed by atoms with Crippen LogP contribution in [0.2, 0.25) is 0 Å². The fourth-order valence-electron chi connectivity index (χ4n) is 1.69. The normalized spacial score (nSPS) is 11.9. The van der Waals surface area contributed by atoms with Crippen molar-refractivity contribution >= 4 is 18.1 Å². The fourth-order valence-corrected chi connectivity index (χ4v) is 1.92. The molecule has 0 fully saturated rings. The molecule has 1 aromatic carbocycles. The van der Waals surface area contributed by atoms with E-state index in [4.69, 9.17) is 12.2 Å². The van der Waals surface area contributed by atoms with Gasteiger partial charge in [-0.1, -0.05) is 24.4 Å². The lowest BCUT2D eigenvalue weighted by atomic mass is 10.1. The van der Waals surface area contributed by atoms with Gasteiger partial charge in [0.1, 0.15) is 10.5 Å². The third-order valence-electron chi connectivity index (χ3n) is 2.77. The van der Waals surface area contributed by atoms with Gasteiger partial charge in [-0.15, -0.1) is 0 Å². The molecule has 2 aromatic rings. The summed E-state index contributed by atoms with van der Waals surface area (Å²) in [7, 11) is 0. The number of amides is 1. The largest absolute Gasteiger partial charge is 0.387 e.